The van der Waals surface area contributed by atoms with Gasteiger partial charge in [0.25, 0.3) is 0 Å². The third-order valence-corrected chi connectivity index (χ3v) is 4.20. The third-order valence-electron chi connectivity index (χ3n) is 4.20. The Bertz CT molecular complexity index is 560. The predicted octanol–water partition coefficient (Wildman–Crippen LogP) is 2.74. The molecule has 0 heterocycles. The number of nitrogens with one attached hydrogen (secondary N) is 1. The molecule has 0 atom stereocenters. The molecule has 19 heavy (non-hydrogen) atoms. The standard InChI is InChI=1S/C17H21NO/c19-13-17(8-9-17)12-18-10-7-14-5-6-15-3-1-2-4-16(15)11-14/h1-6,11,18-19H,7-10,12-13H2. The maximum Gasteiger partial charge on any atom is 0.0499 e. The predicted molar refractivity (Wildman–Crippen MR) is 79.3 cm³/mol. The monoisotopic (exact) mass is 255 g/mol. The molecule has 1 aliphatic rings. The molecule has 0 unspecified atom stereocenters. The van der Waals surface area contributed by atoms with Crippen molar-refractivity contribution >= 4 is 10.8 Å². The molecular formula is C17H21NO. The molecular weight excluding hydrogens is 234 g/mol. The van der Waals surface area contributed by atoms with Crippen molar-refractivity contribution in [2.45, 2.75) is 19.3 Å². The smallest absolute Gasteiger partial charge is 0.0499 e. The molecule has 2 heteroatoms. The first-order chi connectivity index (χ1) is 9.31. The molecule has 0 saturated heterocycles. The zero-order valence-corrected chi connectivity index (χ0v) is 11.2. The second-order valence-corrected chi connectivity index (χ2v) is 5.77. The Morgan fingerprint density at radius 1 is 1.05 bits per heavy atom. The molecule has 1 aliphatic carbocycles. The van der Waals surface area contributed by atoms with E-state index in [1.54, 1.807) is 0 Å². The summed E-state index contributed by atoms with van der Waals surface area (Å²) >= 11 is 0. The Balaban J connectivity index is 1.53. The van der Waals surface area contributed by atoms with E-state index in [-0.39, 0.29) is 5.41 Å². The van der Waals surface area contributed by atoms with Gasteiger partial charge in [-0.25, -0.2) is 0 Å². The van der Waals surface area contributed by atoms with Gasteiger partial charge in [-0.15, -0.1) is 0 Å². The van der Waals surface area contributed by atoms with Gasteiger partial charge in [0.05, 0.1) is 0 Å². The minimum Gasteiger partial charge on any atom is -0.396 e. The van der Waals surface area contributed by atoms with E-state index in [0.29, 0.717) is 6.61 Å². The van der Waals surface area contributed by atoms with Gasteiger partial charge in [0.2, 0.25) is 0 Å². The lowest BCUT2D eigenvalue weighted by molar-refractivity contribution is 0.208. The first-order valence-corrected chi connectivity index (χ1v) is 7.11. The number of hydrogen-bond donors (Lipinski definition) is 2. The highest BCUT2D eigenvalue weighted by atomic mass is 16.3. The largest absolute Gasteiger partial charge is 0.396 e. The summed E-state index contributed by atoms with van der Waals surface area (Å²) in [4.78, 5) is 0. The molecule has 0 spiro atoms. The molecule has 3 rings (SSSR count). The summed E-state index contributed by atoms with van der Waals surface area (Å²) < 4.78 is 0. The lowest BCUT2D eigenvalue weighted by Gasteiger charge is -2.12. The molecule has 1 saturated carbocycles. The Morgan fingerprint density at radius 2 is 1.84 bits per heavy atom. The highest BCUT2D eigenvalue weighted by Gasteiger charge is 2.41. The number of hydrogen-bond acceptors (Lipinski definition) is 2. The third kappa shape index (κ3) is 2.96. The normalized spacial score (nSPS) is 16.7. The van der Waals surface area contributed by atoms with Gasteiger partial charge in [0, 0.05) is 18.6 Å². The maximum atomic E-state index is 9.25. The van der Waals surface area contributed by atoms with Gasteiger partial charge in [-0.3, -0.25) is 0 Å². The number of rotatable bonds is 6. The fourth-order valence-corrected chi connectivity index (χ4v) is 2.55. The summed E-state index contributed by atoms with van der Waals surface area (Å²) in [5.74, 6) is 0. The zero-order chi connectivity index (χ0) is 13.1. The van der Waals surface area contributed by atoms with Gasteiger partial charge in [-0.1, -0.05) is 42.5 Å². The van der Waals surface area contributed by atoms with E-state index >= 15 is 0 Å². The van der Waals surface area contributed by atoms with E-state index in [1.807, 2.05) is 0 Å². The highest BCUT2D eigenvalue weighted by molar-refractivity contribution is 5.82. The average Bonchev–Trinajstić information content (AvgIpc) is 3.24. The first-order valence-electron chi connectivity index (χ1n) is 7.11. The van der Waals surface area contributed by atoms with Crippen molar-refractivity contribution in [3.63, 3.8) is 0 Å². The van der Waals surface area contributed by atoms with Crippen molar-refractivity contribution < 1.29 is 5.11 Å². The van der Waals surface area contributed by atoms with Crippen LogP contribution in [-0.4, -0.2) is 24.8 Å². The molecule has 1 fully saturated rings. The van der Waals surface area contributed by atoms with Crippen LogP contribution in [0.3, 0.4) is 0 Å². The number of aliphatic hydroxyl groups is 1. The summed E-state index contributed by atoms with van der Waals surface area (Å²) in [6, 6.07) is 15.2. The Kier molecular flexibility index (Phi) is 3.54. The van der Waals surface area contributed by atoms with Crippen molar-refractivity contribution in [1.82, 2.24) is 5.32 Å². The number of fused-ring (bicyclic) bond motifs is 1. The molecule has 100 valence electrons. The van der Waals surface area contributed by atoms with Crippen LogP contribution in [0, 0.1) is 5.41 Å². The van der Waals surface area contributed by atoms with Gasteiger partial charge in [-0.05, 0) is 42.1 Å². The molecule has 2 nitrogen and oxygen atoms in total. The molecule has 2 aromatic carbocycles. The van der Waals surface area contributed by atoms with Gasteiger partial charge < -0.3 is 10.4 Å². The zero-order valence-electron chi connectivity index (χ0n) is 11.2. The Hall–Kier alpha value is -1.38. The van der Waals surface area contributed by atoms with E-state index in [2.05, 4.69) is 47.8 Å². The lowest BCUT2D eigenvalue weighted by atomic mass is 10.0. The van der Waals surface area contributed by atoms with Gasteiger partial charge in [-0.2, -0.15) is 0 Å². The average molecular weight is 255 g/mol. The summed E-state index contributed by atoms with van der Waals surface area (Å²) in [6.07, 6.45) is 3.39. The molecule has 0 radical (unpaired) electrons. The topological polar surface area (TPSA) is 32.3 Å². The van der Waals surface area contributed by atoms with Crippen molar-refractivity contribution in [3.05, 3.63) is 48.0 Å². The van der Waals surface area contributed by atoms with E-state index in [9.17, 15) is 5.11 Å². The van der Waals surface area contributed by atoms with Crippen molar-refractivity contribution in [2.24, 2.45) is 5.41 Å². The summed E-state index contributed by atoms with van der Waals surface area (Å²) in [7, 11) is 0. The van der Waals surface area contributed by atoms with Gasteiger partial charge >= 0.3 is 0 Å². The van der Waals surface area contributed by atoms with Crippen LogP contribution in [0.2, 0.25) is 0 Å². The Labute approximate surface area is 114 Å². The molecule has 0 aliphatic heterocycles. The maximum absolute atomic E-state index is 9.25. The van der Waals surface area contributed by atoms with Crippen molar-refractivity contribution in [1.29, 1.82) is 0 Å². The molecule has 2 N–H and O–H groups in total. The molecule has 0 amide bonds. The fraction of sp³-hybridized carbons (Fsp3) is 0.412. The van der Waals surface area contributed by atoms with Crippen LogP contribution < -0.4 is 5.32 Å². The van der Waals surface area contributed by atoms with E-state index in [0.717, 1.165) is 19.5 Å². The highest BCUT2D eigenvalue weighted by Crippen LogP contribution is 2.44. The van der Waals surface area contributed by atoms with Crippen LogP contribution in [0.5, 0.6) is 0 Å². The van der Waals surface area contributed by atoms with Gasteiger partial charge in [0.15, 0.2) is 0 Å². The lowest BCUT2D eigenvalue weighted by Crippen LogP contribution is -2.28. The van der Waals surface area contributed by atoms with Crippen LogP contribution in [0.4, 0.5) is 0 Å². The van der Waals surface area contributed by atoms with Crippen LogP contribution in [0.15, 0.2) is 42.5 Å². The van der Waals surface area contributed by atoms with Gasteiger partial charge in [0.1, 0.15) is 0 Å². The summed E-state index contributed by atoms with van der Waals surface area (Å²) in [5, 5.41) is 15.3. The minimum atomic E-state index is 0.212. The van der Waals surface area contributed by atoms with E-state index in [1.165, 1.54) is 29.2 Å². The van der Waals surface area contributed by atoms with Crippen molar-refractivity contribution in [2.75, 3.05) is 19.7 Å². The fourth-order valence-electron chi connectivity index (χ4n) is 2.55. The number of aliphatic hydroxyl groups excluding tert-OH is 1. The number of benzene rings is 2. The van der Waals surface area contributed by atoms with Crippen molar-refractivity contribution in [3.8, 4) is 0 Å². The minimum absolute atomic E-state index is 0.212. The second-order valence-electron chi connectivity index (χ2n) is 5.77. The van der Waals surface area contributed by atoms with Crippen LogP contribution in [0.1, 0.15) is 18.4 Å². The molecule has 2 aromatic rings. The van der Waals surface area contributed by atoms with Crippen LogP contribution in [-0.2, 0) is 6.42 Å². The summed E-state index contributed by atoms with van der Waals surface area (Å²) in [6.45, 7) is 2.27. The molecule has 0 bridgehead atoms. The molecule has 0 aromatic heterocycles. The van der Waals surface area contributed by atoms with E-state index in [4.69, 9.17) is 0 Å². The first kappa shape index (κ1) is 12.6. The van der Waals surface area contributed by atoms with E-state index < -0.39 is 0 Å². The quantitative estimate of drug-likeness (QED) is 0.778. The Morgan fingerprint density at radius 3 is 2.58 bits per heavy atom. The second kappa shape index (κ2) is 5.32. The summed E-state index contributed by atoms with van der Waals surface area (Å²) in [5.41, 5.74) is 1.59. The van der Waals surface area contributed by atoms with Crippen LogP contribution >= 0.6 is 0 Å². The SMILES string of the molecule is OCC1(CNCCc2ccc3ccccc3c2)CC1. The van der Waals surface area contributed by atoms with Crippen LogP contribution in [0.25, 0.3) is 10.8 Å².